The summed E-state index contributed by atoms with van der Waals surface area (Å²) >= 11 is 0. The fourth-order valence-electron chi connectivity index (χ4n) is 2.89. The first-order valence-corrected chi connectivity index (χ1v) is 10.4. The van der Waals surface area contributed by atoms with Gasteiger partial charge in [0.2, 0.25) is 0 Å². The maximum absolute atomic E-state index is 12.3. The molecule has 2 amide bonds. The Hall–Kier alpha value is -3.78. The molecule has 0 atom stereocenters. The molecular formula is C22H16N2O5S. The molecule has 0 unspecified atom stereocenters. The monoisotopic (exact) mass is 420 g/mol. The van der Waals surface area contributed by atoms with Crippen LogP contribution in [0, 0.1) is 6.92 Å². The Kier molecular flexibility index (Phi) is 4.93. The second-order valence-corrected chi connectivity index (χ2v) is 8.18. The summed E-state index contributed by atoms with van der Waals surface area (Å²) in [6.45, 7) is 1.86. The van der Waals surface area contributed by atoms with Gasteiger partial charge >= 0.3 is 10.1 Å². The van der Waals surface area contributed by atoms with Crippen molar-refractivity contribution >= 4 is 28.1 Å². The van der Waals surface area contributed by atoms with Crippen LogP contribution in [0.15, 0.2) is 82.8 Å². The highest BCUT2D eigenvalue weighted by Gasteiger charge is 2.35. The van der Waals surface area contributed by atoms with E-state index in [1.807, 2.05) is 6.92 Å². The van der Waals surface area contributed by atoms with Gasteiger partial charge < -0.3 is 4.18 Å². The van der Waals surface area contributed by atoms with E-state index < -0.39 is 21.9 Å². The zero-order valence-electron chi connectivity index (χ0n) is 15.8. The number of imide groups is 1. The summed E-state index contributed by atoms with van der Waals surface area (Å²) in [5, 5.41) is 4.78. The minimum absolute atomic E-state index is 0.0596. The van der Waals surface area contributed by atoms with E-state index in [0.29, 0.717) is 16.7 Å². The average Bonchev–Trinajstić information content (AvgIpc) is 2.98. The summed E-state index contributed by atoms with van der Waals surface area (Å²) < 4.78 is 29.8. The second-order valence-electron chi connectivity index (χ2n) is 6.63. The van der Waals surface area contributed by atoms with Crippen molar-refractivity contribution in [2.75, 3.05) is 0 Å². The minimum atomic E-state index is -3.94. The topological polar surface area (TPSA) is 93.1 Å². The van der Waals surface area contributed by atoms with Crippen LogP contribution in [-0.4, -0.2) is 31.5 Å². The van der Waals surface area contributed by atoms with E-state index in [1.165, 1.54) is 30.5 Å². The number of carbonyl (C=O) groups excluding carboxylic acids is 2. The van der Waals surface area contributed by atoms with Crippen LogP contribution in [0.1, 0.15) is 31.8 Å². The summed E-state index contributed by atoms with van der Waals surface area (Å²) in [5.74, 6) is -0.847. The third-order valence-electron chi connectivity index (χ3n) is 4.49. The van der Waals surface area contributed by atoms with Gasteiger partial charge in [-0.25, -0.2) is 0 Å². The standard InChI is InChI=1S/C22H16N2O5S/c1-15-6-12-18(13-7-15)30(27,28)29-17-10-8-16(9-11-17)14-23-24-21(25)19-4-2-3-5-20(19)22(24)26/h2-14H,1H3. The summed E-state index contributed by atoms with van der Waals surface area (Å²) in [6.07, 6.45) is 1.35. The number of carbonyl (C=O) groups is 2. The minimum Gasteiger partial charge on any atom is -0.379 e. The first-order valence-electron chi connectivity index (χ1n) is 8.98. The largest absolute Gasteiger partial charge is 0.379 e. The highest BCUT2D eigenvalue weighted by molar-refractivity contribution is 7.87. The van der Waals surface area contributed by atoms with Crippen LogP contribution in [0.2, 0.25) is 0 Å². The normalized spacial score (nSPS) is 13.7. The molecule has 0 N–H and O–H groups in total. The molecule has 0 spiro atoms. The third-order valence-corrected chi connectivity index (χ3v) is 5.75. The highest BCUT2D eigenvalue weighted by atomic mass is 32.2. The van der Waals surface area contributed by atoms with E-state index >= 15 is 0 Å². The molecule has 1 heterocycles. The molecule has 7 nitrogen and oxygen atoms in total. The number of nitrogens with zero attached hydrogens (tertiary/aromatic N) is 2. The molecule has 150 valence electrons. The van der Waals surface area contributed by atoms with Crippen molar-refractivity contribution < 1.29 is 22.2 Å². The number of hydrazone groups is 1. The molecule has 4 rings (SSSR count). The molecule has 3 aromatic rings. The van der Waals surface area contributed by atoms with Crippen LogP contribution >= 0.6 is 0 Å². The van der Waals surface area contributed by atoms with Crippen LogP contribution < -0.4 is 4.18 Å². The Morgan fingerprint density at radius 1 is 0.833 bits per heavy atom. The molecule has 0 saturated carbocycles. The van der Waals surface area contributed by atoms with Gasteiger partial charge in [-0.1, -0.05) is 29.8 Å². The lowest BCUT2D eigenvalue weighted by Gasteiger charge is -2.08. The van der Waals surface area contributed by atoms with Gasteiger partial charge in [-0.3, -0.25) is 9.59 Å². The number of hydrogen-bond acceptors (Lipinski definition) is 6. The van der Waals surface area contributed by atoms with E-state index in [2.05, 4.69) is 5.10 Å². The molecule has 0 aliphatic carbocycles. The Morgan fingerprint density at radius 3 is 1.97 bits per heavy atom. The molecule has 0 saturated heterocycles. The van der Waals surface area contributed by atoms with Gasteiger partial charge in [0.25, 0.3) is 11.8 Å². The molecule has 0 aromatic heterocycles. The third kappa shape index (κ3) is 3.72. The van der Waals surface area contributed by atoms with Crippen LogP contribution in [-0.2, 0) is 10.1 Å². The molecule has 0 bridgehead atoms. The number of fused-ring (bicyclic) bond motifs is 1. The van der Waals surface area contributed by atoms with Gasteiger partial charge in [0.15, 0.2) is 0 Å². The van der Waals surface area contributed by atoms with Gasteiger partial charge in [-0.15, -0.1) is 0 Å². The van der Waals surface area contributed by atoms with E-state index in [1.54, 1.807) is 48.5 Å². The zero-order valence-corrected chi connectivity index (χ0v) is 16.7. The second kappa shape index (κ2) is 7.57. The predicted octanol–water partition coefficient (Wildman–Crippen LogP) is 3.39. The highest BCUT2D eigenvalue weighted by Crippen LogP contribution is 2.23. The Bertz CT molecular complexity index is 1230. The van der Waals surface area contributed by atoms with Crippen molar-refractivity contribution in [1.29, 1.82) is 0 Å². The van der Waals surface area contributed by atoms with Crippen LogP contribution in [0.5, 0.6) is 5.75 Å². The van der Waals surface area contributed by atoms with Crippen LogP contribution in [0.4, 0.5) is 0 Å². The van der Waals surface area contributed by atoms with E-state index in [0.717, 1.165) is 10.6 Å². The van der Waals surface area contributed by atoms with E-state index in [4.69, 9.17) is 4.18 Å². The summed E-state index contributed by atoms with van der Waals surface area (Å²) in [4.78, 5) is 24.7. The number of hydrogen-bond donors (Lipinski definition) is 0. The van der Waals surface area contributed by atoms with Crippen molar-refractivity contribution in [3.8, 4) is 5.75 Å². The van der Waals surface area contributed by atoms with Gasteiger partial charge in [-0.2, -0.15) is 18.5 Å². The molecule has 1 aliphatic heterocycles. The summed E-state index contributed by atoms with van der Waals surface area (Å²) in [5.41, 5.74) is 2.12. The average molecular weight is 420 g/mol. The number of benzene rings is 3. The molecule has 3 aromatic carbocycles. The summed E-state index contributed by atoms with van der Waals surface area (Å²) in [6, 6.07) is 18.9. The van der Waals surface area contributed by atoms with Crippen molar-refractivity contribution in [3.63, 3.8) is 0 Å². The van der Waals surface area contributed by atoms with Gasteiger partial charge in [-0.05, 0) is 61.0 Å². The molecule has 30 heavy (non-hydrogen) atoms. The van der Waals surface area contributed by atoms with Gasteiger partial charge in [0, 0.05) is 0 Å². The predicted molar refractivity (Wildman–Crippen MR) is 110 cm³/mol. The first kappa shape index (κ1) is 19.5. The fourth-order valence-corrected chi connectivity index (χ4v) is 3.83. The van der Waals surface area contributed by atoms with Crippen molar-refractivity contribution in [2.24, 2.45) is 5.10 Å². The quantitative estimate of drug-likeness (QED) is 0.358. The summed E-state index contributed by atoms with van der Waals surface area (Å²) in [7, 11) is -3.94. The number of amides is 2. The zero-order chi connectivity index (χ0) is 21.3. The maximum Gasteiger partial charge on any atom is 0.339 e. The number of aryl methyl sites for hydroxylation is 1. The van der Waals surface area contributed by atoms with Crippen molar-refractivity contribution in [1.82, 2.24) is 5.01 Å². The van der Waals surface area contributed by atoms with Crippen molar-refractivity contribution in [2.45, 2.75) is 11.8 Å². The lowest BCUT2D eigenvalue weighted by molar-refractivity contribution is 0.0660. The lowest BCUT2D eigenvalue weighted by Crippen LogP contribution is -2.23. The molecule has 1 aliphatic rings. The van der Waals surface area contributed by atoms with Crippen molar-refractivity contribution in [3.05, 3.63) is 95.1 Å². The van der Waals surface area contributed by atoms with Gasteiger partial charge in [0.05, 0.1) is 17.3 Å². The Labute approximate surface area is 173 Å². The molecule has 0 fully saturated rings. The smallest absolute Gasteiger partial charge is 0.339 e. The Balaban J connectivity index is 1.47. The first-order chi connectivity index (χ1) is 14.3. The molecule has 0 radical (unpaired) electrons. The van der Waals surface area contributed by atoms with Crippen LogP contribution in [0.25, 0.3) is 0 Å². The van der Waals surface area contributed by atoms with Crippen LogP contribution in [0.3, 0.4) is 0 Å². The maximum atomic E-state index is 12.3. The van der Waals surface area contributed by atoms with Gasteiger partial charge in [0.1, 0.15) is 10.6 Å². The fraction of sp³-hybridized carbons (Fsp3) is 0.0455. The SMILES string of the molecule is Cc1ccc(S(=O)(=O)Oc2ccc(C=NN3C(=O)c4ccccc4C3=O)cc2)cc1. The molecular weight excluding hydrogens is 404 g/mol. The van der Waals surface area contributed by atoms with E-state index in [9.17, 15) is 18.0 Å². The lowest BCUT2D eigenvalue weighted by atomic mass is 10.1. The number of rotatable bonds is 5. The van der Waals surface area contributed by atoms with E-state index in [-0.39, 0.29) is 10.6 Å². The Morgan fingerprint density at radius 2 is 1.40 bits per heavy atom. The molecule has 8 heteroatoms.